The number of halogens is 1. The number of carbonyl (C=O) groups excluding carboxylic acids is 2. The number of hydrogen-bond donors (Lipinski definition) is 0. The van der Waals surface area contributed by atoms with Crippen LogP contribution in [0.3, 0.4) is 0 Å². The van der Waals surface area contributed by atoms with E-state index in [1.54, 1.807) is 16.9 Å². The topological polar surface area (TPSA) is 59.1 Å². The maximum atomic E-state index is 13.0. The van der Waals surface area contributed by atoms with Crippen molar-refractivity contribution in [2.24, 2.45) is 0 Å². The first kappa shape index (κ1) is 15.9. The van der Waals surface area contributed by atoms with E-state index in [0.717, 1.165) is 0 Å². The average molecular weight is 322 g/mol. The van der Waals surface area contributed by atoms with Crippen LogP contribution in [0.2, 0.25) is 0 Å². The zero-order chi connectivity index (χ0) is 16.4. The molecule has 2 atom stereocenters. The fraction of sp³-hybridized carbons (Fsp3) is 0.500. The van der Waals surface area contributed by atoms with Crippen LogP contribution in [0.4, 0.5) is 4.39 Å². The highest BCUT2D eigenvalue weighted by Gasteiger charge is 2.44. The largest absolute Gasteiger partial charge is 0.383 e. The van der Waals surface area contributed by atoms with Gasteiger partial charge in [-0.3, -0.25) is 9.59 Å². The van der Waals surface area contributed by atoms with Gasteiger partial charge in [0.05, 0.1) is 18.8 Å². The monoisotopic (exact) mass is 322 g/mol. The molecule has 0 radical (unpaired) electrons. The summed E-state index contributed by atoms with van der Waals surface area (Å²) in [6, 6.07) is 5.31. The lowest BCUT2D eigenvalue weighted by molar-refractivity contribution is -0.153. The molecular weight excluding hydrogens is 303 g/mol. The van der Waals surface area contributed by atoms with Gasteiger partial charge in [0.25, 0.3) is 5.91 Å². The second-order valence-corrected chi connectivity index (χ2v) is 5.71. The Hall–Kier alpha value is -1.99. The molecule has 7 heteroatoms. The summed E-state index contributed by atoms with van der Waals surface area (Å²) in [7, 11) is 1.58. The molecule has 0 bridgehead atoms. The zero-order valence-corrected chi connectivity index (χ0v) is 12.9. The molecule has 0 spiro atoms. The number of hydrogen-bond acceptors (Lipinski definition) is 4. The summed E-state index contributed by atoms with van der Waals surface area (Å²) < 4.78 is 23.6. The Morgan fingerprint density at radius 1 is 1.35 bits per heavy atom. The molecule has 6 nitrogen and oxygen atoms in total. The third-order valence-electron chi connectivity index (χ3n) is 4.29. The predicted molar refractivity (Wildman–Crippen MR) is 79.4 cm³/mol. The highest BCUT2D eigenvalue weighted by molar-refractivity contribution is 5.94. The molecule has 0 aliphatic carbocycles. The molecule has 23 heavy (non-hydrogen) atoms. The van der Waals surface area contributed by atoms with Gasteiger partial charge in [-0.25, -0.2) is 4.39 Å². The standard InChI is InChI=1S/C16H19FN2O4/c1-22-7-6-19-13-8-18(9-14(13)23-10-15(19)20)16(21)11-2-4-12(17)5-3-11/h2-5,13-14H,6-10H2,1H3. The summed E-state index contributed by atoms with van der Waals surface area (Å²) in [5.74, 6) is -0.641. The maximum absolute atomic E-state index is 13.0. The van der Waals surface area contributed by atoms with Crippen LogP contribution < -0.4 is 0 Å². The number of nitrogens with zero attached hydrogens (tertiary/aromatic N) is 2. The molecule has 2 saturated heterocycles. The van der Waals surface area contributed by atoms with Crippen molar-refractivity contribution >= 4 is 11.8 Å². The summed E-state index contributed by atoms with van der Waals surface area (Å²) in [6.45, 7) is 1.80. The molecule has 2 heterocycles. The minimum atomic E-state index is -0.378. The van der Waals surface area contributed by atoms with Crippen molar-refractivity contribution in [3.05, 3.63) is 35.6 Å². The first-order valence-electron chi connectivity index (χ1n) is 7.55. The fourth-order valence-electron chi connectivity index (χ4n) is 3.09. The first-order valence-corrected chi connectivity index (χ1v) is 7.55. The van der Waals surface area contributed by atoms with Gasteiger partial charge in [0, 0.05) is 32.3 Å². The minimum absolute atomic E-state index is 0.0312. The first-order chi connectivity index (χ1) is 11.1. The summed E-state index contributed by atoms with van der Waals surface area (Å²) >= 11 is 0. The number of fused-ring (bicyclic) bond motifs is 1. The van der Waals surface area contributed by atoms with Gasteiger partial charge in [0.15, 0.2) is 0 Å². The van der Waals surface area contributed by atoms with Gasteiger partial charge in [-0.15, -0.1) is 0 Å². The lowest BCUT2D eigenvalue weighted by Crippen LogP contribution is -2.54. The second kappa shape index (κ2) is 6.64. The number of likely N-dealkylation sites (tertiary alicyclic amines) is 1. The quantitative estimate of drug-likeness (QED) is 0.811. The van der Waals surface area contributed by atoms with Crippen LogP contribution in [-0.2, 0) is 14.3 Å². The number of amides is 2. The van der Waals surface area contributed by atoms with Crippen molar-refractivity contribution in [1.82, 2.24) is 9.80 Å². The molecule has 0 aromatic heterocycles. The molecule has 2 fully saturated rings. The molecule has 2 unspecified atom stereocenters. The van der Waals surface area contributed by atoms with Gasteiger partial charge in [0.2, 0.25) is 5.91 Å². The van der Waals surface area contributed by atoms with E-state index in [4.69, 9.17) is 9.47 Å². The highest BCUT2D eigenvalue weighted by atomic mass is 19.1. The molecule has 2 aliphatic heterocycles. The van der Waals surface area contributed by atoms with Crippen LogP contribution in [0.15, 0.2) is 24.3 Å². The van der Waals surface area contributed by atoms with Crippen LogP contribution in [0.25, 0.3) is 0 Å². The molecule has 2 amide bonds. The van der Waals surface area contributed by atoms with Crippen molar-refractivity contribution in [2.45, 2.75) is 12.1 Å². The number of morpholine rings is 1. The predicted octanol–water partition coefficient (Wildman–Crippen LogP) is 0.524. The van der Waals surface area contributed by atoms with Crippen molar-refractivity contribution in [3.8, 4) is 0 Å². The average Bonchev–Trinajstić information content (AvgIpc) is 2.98. The van der Waals surface area contributed by atoms with E-state index in [1.165, 1.54) is 24.3 Å². The van der Waals surface area contributed by atoms with E-state index in [0.29, 0.717) is 31.8 Å². The van der Waals surface area contributed by atoms with E-state index in [-0.39, 0.29) is 36.4 Å². The van der Waals surface area contributed by atoms with E-state index in [2.05, 4.69) is 0 Å². The molecular formula is C16H19FN2O4. The third kappa shape index (κ3) is 3.20. The van der Waals surface area contributed by atoms with Crippen molar-refractivity contribution in [3.63, 3.8) is 0 Å². The second-order valence-electron chi connectivity index (χ2n) is 5.71. The van der Waals surface area contributed by atoms with E-state index < -0.39 is 0 Å². The molecule has 1 aromatic carbocycles. The van der Waals surface area contributed by atoms with E-state index in [1.807, 2.05) is 0 Å². The Morgan fingerprint density at radius 3 is 2.78 bits per heavy atom. The summed E-state index contributed by atoms with van der Waals surface area (Å²) in [4.78, 5) is 27.9. The zero-order valence-electron chi connectivity index (χ0n) is 12.9. The molecule has 0 N–H and O–H groups in total. The Morgan fingerprint density at radius 2 is 2.09 bits per heavy atom. The summed E-state index contributed by atoms with van der Waals surface area (Å²) in [5.41, 5.74) is 0.430. The van der Waals surface area contributed by atoms with Gasteiger partial charge in [-0.2, -0.15) is 0 Å². The minimum Gasteiger partial charge on any atom is -0.383 e. The van der Waals surface area contributed by atoms with E-state index in [9.17, 15) is 14.0 Å². The Kier molecular flexibility index (Phi) is 4.58. The fourth-order valence-corrected chi connectivity index (χ4v) is 3.09. The van der Waals surface area contributed by atoms with Gasteiger partial charge in [0.1, 0.15) is 12.4 Å². The molecule has 1 aromatic rings. The lowest BCUT2D eigenvalue weighted by atomic mass is 10.1. The Bertz CT molecular complexity index is 592. The molecule has 2 aliphatic rings. The van der Waals surface area contributed by atoms with Crippen molar-refractivity contribution in [2.75, 3.05) is 40.0 Å². The van der Waals surface area contributed by atoms with Crippen LogP contribution in [0.1, 0.15) is 10.4 Å². The highest BCUT2D eigenvalue weighted by Crippen LogP contribution is 2.24. The van der Waals surface area contributed by atoms with Crippen LogP contribution in [-0.4, -0.2) is 73.7 Å². The van der Waals surface area contributed by atoms with E-state index >= 15 is 0 Å². The van der Waals surface area contributed by atoms with Crippen molar-refractivity contribution < 1.29 is 23.5 Å². The van der Waals surface area contributed by atoms with Gasteiger partial charge < -0.3 is 19.3 Å². The molecule has 0 saturated carbocycles. The van der Waals surface area contributed by atoms with Gasteiger partial charge in [-0.1, -0.05) is 0 Å². The normalized spacial score (nSPS) is 24.0. The molecule has 3 rings (SSSR count). The summed E-state index contributed by atoms with van der Waals surface area (Å²) in [5, 5.41) is 0. The number of benzene rings is 1. The number of ether oxygens (including phenoxy) is 2. The Balaban J connectivity index is 1.71. The Labute approximate surface area is 133 Å². The lowest BCUT2D eigenvalue weighted by Gasteiger charge is -2.36. The third-order valence-corrected chi connectivity index (χ3v) is 4.29. The van der Waals surface area contributed by atoms with Crippen LogP contribution in [0.5, 0.6) is 0 Å². The van der Waals surface area contributed by atoms with Gasteiger partial charge >= 0.3 is 0 Å². The van der Waals surface area contributed by atoms with Crippen LogP contribution in [0, 0.1) is 5.82 Å². The molecule has 124 valence electrons. The maximum Gasteiger partial charge on any atom is 0.254 e. The van der Waals surface area contributed by atoms with Crippen LogP contribution >= 0.6 is 0 Å². The smallest absolute Gasteiger partial charge is 0.254 e. The number of rotatable bonds is 4. The number of methoxy groups -OCH3 is 1. The van der Waals surface area contributed by atoms with Gasteiger partial charge in [-0.05, 0) is 24.3 Å². The number of carbonyl (C=O) groups is 2. The summed E-state index contributed by atoms with van der Waals surface area (Å²) in [6.07, 6.45) is -0.186. The SMILES string of the molecule is COCCN1C(=O)COC2CN(C(=O)c3ccc(F)cc3)CC21. The van der Waals surface area contributed by atoms with Crippen molar-refractivity contribution in [1.29, 1.82) is 0 Å².